The maximum Gasteiger partial charge on any atom is 0.269 e. The summed E-state index contributed by atoms with van der Waals surface area (Å²) >= 11 is 3.25. The molecule has 4 N–H and O–H groups in total. The molecule has 0 aromatic heterocycles. The summed E-state index contributed by atoms with van der Waals surface area (Å²) in [4.78, 5) is 11.4. The van der Waals surface area contributed by atoms with E-state index < -0.39 is 0 Å². The average molecular weight is 274 g/mol. The number of anilines is 1. The third kappa shape index (κ3) is 3.89. The Morgan fingerprint density at radius 2 is 1.93 bits per heavy atom. The predicted molar refractivity (Wildman–Crippen MR) is 66.2 cm³/mol. The number of nitrogens with two attached hydrogens (primary N) is 2. The number of nitrogen functional groups attached to an aromatic ring is 1. The quantitative estimate of drug-likeness (QED) is 0.356. The van der Waals surface area contributed by atoms with Gasteiger partial charge < -0.3 is 5.73 Å². The molecule has 0 fully saturated rings. The maximum absolute atomic E-state index is 11.4. The maximum atomic E-state index is 11.4. The van der Waals surface area contributed by atoms with Crippen LogP contribution in [0.4, 0.5) is 5.69 Å². The molecule has 4 nitrogen and oxygen atoms in total. The zero-order valence-electron chi connectivity index (χ0n) is 9.12. The highest BCUT2D eigenvalue weighted by Gasteiger charge is 2.11. The van der Waals surface area contributed by atoms with Crippen molar-refractivity contribution in [1.82, 2.24) is 5.01 Å². The summed E-state index contributed by atoms with van der Waals surface area (Å²) in [7, 11) is 1.48. The summed E-state index contributed by atoms with van der Waals surface area (Å²) in [6, 6.07) is 5.04. The fourth-order valence-electron chi connectivity index (χ4n) is 0.918. The molecular weight excluding hydrogens is 258 g/mol. The van der Waals surface area contributed by atoms with Crippen molar-refractivity contribution in [3.8, 4) is 0 Å². The predicted octanol–water partition coefficient (Wildman–Crippen LogP) is 2.00. The number of carbonyl (C=O) groups excluding carboxylic acids is 1. The van der Waals surface area contributed by atoms with E-state index >= 15 is 0 Å². The van der Waals surface area contributed by atoms with Gasteiger partial charge in [0.2, 0.25) is 0 Å². The molecule has 0 spiro atoms. The Labute approximate surface area is 98.3 Å². The first-order valence-electron chi connectivity index (χ1n) is 4.60. The lowest BCUT2D eigenvalue weighted by Crippen LogP contribution is -2.33. The number of rotatable bonds is 1. The average Bonchev–Trinajstić information content (AvgIpc) is 2.20. The topological polar surface area (TPSA) is 72.3 Å². The SMILES string of the molecule is CC.CN(N)C(=O)c1ccc(Br)cc1N. The van der Waals surface area contributed by atoms with Crippen LogP contribution in [-0.4, -0.2) is 18.0 Å². The van der Waals surface area contributed by atoms with Crippen LogP contribution >= 0.6 is 15.9 Å². The zero-order chi connectivity index (χ0) is 12.0. The van der Waals surface area contributed by atoms with Crippen molar-refractivity contribution >= 4 is 27.5 Å². The summed E-state index contributed by atoms with van der Waals surface area (Å²) in [6.45, 7) is 4.00. The third-order valence-electron chi connectivity index (χ3n) is 1.56. The number of hydrogen-bond acceptors (Lipinski definition) is 3. The first-order chi connectivity index (χ1) is 7.02. The van der Waals surface area contributed by atoms with E-state index in [-0.39, 0.29) is 5.91 Å². The molecule has 0 bridgehead atoms. The highest BCUT2D eigenvalue weighted by molar-refractivity contribution is 9.10. The van der Waals surface area contributed by atoms with E-state index in [4.69, 9.17) is 11.6 Å². The van der Waals surface area contributed by atoms with E-state index in [9.17, 15) is 4.79 Å². The minimum Gasteiger partial charge on any atom is -0.398 e. The molecule has 0 aliphatic carbocycles. The molecular formula is C10H16BrN3O. The summed E-state index contributed by atoms with van der Waals surface area (Å²) in [5.41, 5.74) is 6.45. The number of hydrazine groups is 1. The van der Waals surface area contributed by atoms with Gasteiger partial charge in [0.1, 0.15) is 0 Å². The standard InChI is InChI=1S/C8H10BrN3O.C2H6/c1-12(11)8(13)6-3-2-5(9)4-7(6)10;1-2/h2-4H,10-11H2,1H3;1-2H3. The van der Waals surface area contributed by atoms with Crippen molar-refractivity contribution in [2.45, 2.75) is 13.8 Å². The smallest absolute Gasteiger partial charge is 0.269 e. The molecule has 0 heterocycles. The fraction of sp³-hybridized carbons (Fsp3) is 0.300. The van der Waals surface area contributed by atoms with Crippen LogP contribution in [0, 0.1) is 0 Å². The summed E-state index contributed by atoms with van der Waals surface area (Å²) < 4.78 is 0.834. The highest BCUT2D eigenvalue weighted by atomic mass is 79.9. The van der Waals surface area contributed by atoms with E-state index in [2.05, 4.69) is 15.9 Å². The molecule has 0 atom stereocenters. The number of nitrogens with zero attached hydrogens (tertiary/aromatic N) is 1. The Hall–Kier alpha value is -1.07. The molecule has 5 heteroatoms. The first-order valence-corrected chi connectivity index (χ1v) is 5.39. The van der Waals surface area contributed by atoms with Crippen molar-refractivity contribution in [2.75, 3.05) is 12.8 Å². The highest BCUT2D eigenvalue weighted by Crippen LogP contribution is 2.18. The largest absolute Gasteiger partial charge is 0.398 e. The lowest BCUT2D eigenvalue weighted by atomic mass is 10.1. The third-order valence-corrected chi connectivity index (χ3v) is 2.06. The summed E-state index contributed by atoms with van der Waals surface area (Å²) in [6.07, 6.45) is 0. The molecule has 0 radical (unpaired) electrons. The van der Waals surface area contributed by atoms with Gasteiger partial charge in [0.15, 0.2) is 0 Å². The van der Waals surface area contributed by atoms with E-state index in [1.807, 2.05) is 13.8 Å². The van der Waals surface area contributed by atoms with Crippen LogP contribution in [0.3, 0.4) is 0 Å². The molecule has 84 valence electrons. The molecule has 15 heavy (non-hydrogen) atoms. The van der Waals surface area contributed by atoms with Gasteiger partial charge in [0, 0.05) is 17.2 Å². The molecule has 0 aliphatic rings. The van der Waals surface area contributed by atoms with Crippen LogP contribution in [0.5, 0.6) is 0 Å². The zero-order valence-corrected chi connectivity index (χ0v) is 10.7. The van der Waals surface area contributed by atoms with E-state index in [0.717, 1.165) is 9.48 Å². The van der Waals surface area contributed by atoms with Gasteiger partial charge >= 0.3 is 0 Å². The second-order valence-corrected chi connectivity index (χ2v) is 3.56. The van der Waals surface area contributed by atoms with Crippen molar-refractivity contribution in [3.63, 3.8) is 0 Å². The minimum absolute atomic E-state index is 0.301. The van der Waals surface area contributed by atoms with Crippen LogP contribution in [0.15, 0.2) is 22.7 Å². The van der Waals surface area contributed by atoms with Gasteiger partial charge in [-0.1, -0.05) is 29.8 Å². The van der Waals surface area contributed by atoms with Crippen LogP contribution < -0.4 is 11.6 Å². The van der Waals surface area contributed by atoms with Gasteiger partial charge in [-0.2, -0.15) is 0 Å². The van der Waals surface area contributed by atoms with Crippen LogP contribution in [-0.2, 0) is 0 Å². The van der Waals surface area contributed by atoms with Crippen molar-refractivity contribution < 1.29 is 4.79 Å². The molecule has 1 rings (SSSR count). The molecule has 1 amide bonds. The second kappa shape index (κ2) is 6.42. The molecule has 1 aromatic rings. The van der Waals surface area contributed by atoms with E-state index in [1.54, 1.807) is 18.2 Å². The van der Waals surface area contributed by atoms with Crippen molar-refractivity contribution in [2.24, 2.45) is 5.84 Å². The first kappa shape index (κ1) is 13.9. The lowest BCUT2D eigenvalue weighted by molar-refractivity contribution is 0.0796. The Balaban J connectivity index is 0.000000921. The Morgan fingerprint density at radius 1 is 1.40 bits per heavy atom. The number of hydrogen-bond donors (Lipinski definition) is 2. The summed E-state index contributed by atoms with van der Waals surface area (Å²) in [5.74, 6) is 4.99. The number of benzene rings is 1. The van der Waals surface area contributed by atoms with Gasteiger partial charge in [-0.25, -0.2) is 5.84 Å². The van der Waals surface area contributed by atoms with Gasteiger partial charge in [-0.3, -0.25) is 9.80 Å². The molecule has 0 aliphatic heterocycles. The number of carbonyl (C=O) groups is 1. The van der Waals surface area contributed by atoms with Crippen molar-refractivity contribution in [1.29, 1.82) is 0 Å². The molecule has 1 aromatic carbocycles. The minimum atomic E-state index is -0.301. The van der Waals surface area contributed by atoms with Gasteiger partial charge in [-0.15, -0.1) is 0 Å². The van der Waals surface area contributed by atoms with Crippen LogP contribution in [0.1, 0.15) is 24.2 Å². The monoisotopic (exact) mass is 273 g/mol. The van der Waals surface area contributed by atoms with Crippen LogP contribution in [0.2, 0.25) is 0 Å². The summed E-state index contributed by atoms with van der Waals surface area (Å²) in [5, 5.41) is 1.000. The van der Waals surface area contributed by atoms with Gasteiger partial charge in [0.25, 0.3) is 5.91 Å². The molecule has 0 saturated carbocycles. The molecule has 0 unspecified atom stereocenters. The van der Waals surface area contributed by atoms with Gasteiger partial charge in [0.05, 0.1) is 5.56 Å². The van der Waals surface area contributed by atoms with Crippen LogP contribution in [0.25, 0.3) is 0 Å². The fourth-order valence-corrected chi connectivity index (χ4v) is 1.30. The number of amides is 1. The normalized spacial score (nSPS) is 8.87. The lowest BCUT2D eigenvalue weighted by Gasteiger charge is -2.11. The Morgan fingerprint density at radius 3 is 2.33 bits per heavy atom. The van der Waals surface area contributed by atoms with E-state index in [0.29, 0.717) is 11.3 Å². The number of halogens is 1. The van der Waals surface area contributed by atoms with Crippen molar-refractivity contribution in [3.05, 3.63) is 28.2 Å². The van der Waals surface area contributed by atoms with Gasteiger partial charge in [-0.05, 0) is 18.2 Å². The van der Waals surface area contributed by atoms with E-state index in [1.165, 1.54) is 7.05 Å². The molecule has 0 saturated heterocycles. The Kier molecular flexibility index (Phi) is 5.96. The Bertz CT molecular complexity index is 339. The second-order valence-electron chi connectivity index (χ2n) is 2.65.